The van der Waals surface area contributed by atoms with E-state index in [1.54, 1.807) is 0 Å². The number of hydrogen-bond donors (Lipinski definition) is 2. The normalized spacial score (nSPS) is 10.5. The van der Waals surface area contributed by atoms with Crippen molar-refractivity contribution in [2.75, 3.05) is 13.2 Å². The molecule has 4 nitrogen and oxygen atoms in total. The molecule has 0 amide bonds. The zero-order valence-electron chi connectivity index (χ0n) is 13.3. The third kappa shape index (κ3) is 6.30. The highest BCUT2D eigenvalue weighted by Crippen LogP contribution is 2.15. The SMILES string of the molecule is OCc1cccc(OCCCCCOc2cccc(CO)c2)c1. The fraction of sp³-hybridized carbons (Fsp3) is 0.368. The Morgan fingerprint density at radius 2 is 1.13 bits per heavy atom. The van der Waals surface area contributed by atoms with Crippen molar-refractivity contribution in [3.05, 3.63) is 59.7 Å². The van der Waals surface area contributed by atoms with Crippen LogP contribution in [-0.4, -0.2) is 23.4 Å². The minimum absolute atomic E-state index is 0.0338. The number of benzene rings is 2. The van der Waals surface area contributed by atoms with Crippen LogP contribution in [0, 0.1) is 0 Å². The van der Waals surface area contributed by atoms with Gasteiger partial charge in [-0.1, -0.05) is 24.3 Å². The lowest BCUT2D eigenvalue weighted by Crippen LogP contribution is -2.01. The highest BCUT2D eigenvalue weighted by atomic mass is 16.5. The molecule has 0 fully saturated rings. The molecule has 0 aliphatic carbocycles. The lowest BCUT2D eigenvalue weighted by Gasteiger charge is -2.08. The van der Waals surface area contributed by atoms with Crippen molar-refractivity contribution in [3.8, 4) is 11.5 Å². The predicted octanol–water partition coefficient (Wildman–Crippen LogP) is 3.30. The zero-order valence-corrected chi connectivity index (χ0v) is 13.3. The maximum Gasteiger partial charge on any atom is 0.119 e. The van der Waals surface area contributed by atoms with Gasteiger partial charge in [-0.3, -0.25) is 0 Å². The van der Waals surface area contributed by atoms with Crippen LogP contribution in [-0.2, 0) is 13.2 Å². The molecule has 2 aromatic rings. The molecule has 0 aliphatic rings. The number of rotatable bonds is 10. The lowest BCUT2D eigenvalue weighted by molar-refractivity contribution is 0.270. The van der Waals surface area contributed by atoms with Gasteiger partial charge in [0.15, 0.2) is 0 Å². The summed E-state index contributed by atoms with van der Waals surface area (Å²) in [4.78, 5) is 0. The number of ether oxygens (including phenoxy) is 2. The Bertz CT molecular complexity index is 532. The first-order valence-corrected chi connectivity index (χ1v) is 7.97. The van der Waals surface area contributed by atoms with Gasteiger partial charge >= 0.3 is 0 Å². The summed E-state index contributed by atoms with van der Waals surface area (Å²) in [5, 5.41) is 18.1. The van der Waals surface area contributed by atoms with Crippen molar-refractivity contribution in [1.29, 1.82) is 0 Å². The van der Waals surface area contributed by atoms with Gasteiger partial charge in [0, 0.05) is 0 Å². The summed E-state index contributed by atoms with van der Waals surface area (Å²) in [6, 6.07) is 15.0. The van der Waals surface area contributed by atoms with Gasteiger partial charge < -0.3 is 19.7 Å². The first-order chi connectivity index (χ1) is 11.3. The summed E-state index contributed by atoms with van der Waals surface area (Å²) in [6.07, 6.45) is 2.95. The van der Waals surface area contributed by atoms with E-state index in [2.05, 4.69) is 0 Å². The second kappa shape index (κ2) is 9.87. The molecule has 0 unspecified atom stereocenters. The topological polar surface area (TPSA) is 58.9 Å². The first-order valence-electron chi connectivity index (χ1n) is 7.97. The van der Waals surface area contributed by atoms with Gasteiger partial charge in [0.1, 0.15) is 11.5 Å². The molecule has 0 aromatic heterocycles. The third-order valence-electron chi connectivity index (χ3n) is 3.49. The van der Waals surface area contributed by atoms with Crippen LogP contribution in [0.25, 0.3) is 0 Å². The molecule has 0 aliphatic heterocycles. The lowest BCUT2D eigenvalue weighted by atomic mass is 10.2. The van der Waals surface area contributed by atoms with Crippen LogP contribution in [0.2, 0.25) is 0 Å². The molecule has 124 valence electrons. The van der Waals surface area contributed by atoms with Crippen LogP contribution in [0.5, 0.6) is 11.5 Å². The Morgan fingerprint density at radius 1 is 0.652 bits per heavy atom. The van der Waals surface area contributed by atoms with E-state index >= 15 is 0 Å². The van der Waals surface area contributed by atoms with Crippen LogP contribution in [0.1, 0.15) is 30.4 Å². The molecule has 0 heterocycles. The molecule has 0 saturated heterocycles. The quantitative estimate of drug-likeness (QED) is 0.660. The van der Waals surface area contributed by atoms with Crippen molar-refractivity contribution in [1.82, 2.24) is 0 Å². The average molecular weight is 316 g/mol. The monoisotopic (exact) mass is 316 g/mol. The molecular formula is C19H24O4. The Labute approximate surface area is 137 Å². The molecule has 4 heteroatoms. The molecule has 23 heavy (non-hydrogen) atoms. The highest BCUT2D eigenvalue weighted by molar-refractivity contribution is 5.28. The van der Waals surface area contributed by atoms with Gasteiger partial charge in [-0.15, -0.1) is 0 Å². The summed E-state index contributed by atoms with van der Waals surface area (Å²) in [7, 11) is 0. The summed E-state index contributed by atoms with van der Waals surface area (Å²) in [6.45, 7) is 1.39. The number of hydrogen-bond acceptors (Lipinski definition) is 4. The molecule has 0 bridgehead atoms. The van der Waals surface area contributed by atoms with E-state index < -0.39 is 0 Å². The summed E-state index contributed by atoms with van der Waals surface area (Å²) < 4.78 is 11.3. The van der Waals surface area contributed by atoms with Crippen LogP contribution < -0.4 is 9.47 Å². The molecule has 2 N–H and O–H groups in total. The average Bonchev–Trinajstić information content (AvgIpc) is 2.61. The Hall–Kier alpha value is -2.04. The Kier molecular flexibility index (Phi) is 7.43. The summed E-state index contributed by atoms with van der Waals surface area (Å²) in [5.41, 5.74) is 1.72. The minimum atomic E-state index is 0.0338. The van der Waals surface area contributed by atoms with Crippen molar-refractivity contribution in [2.24, 2.45) is 0 Å². The van der Waals surface area contributed by atoms with Crippen molar-refractivity contribution < 1.29 is 19.7 Å². The maximum atomic E-state index is 9.07. The first kappa shape index (κ1) is 17.3. The van der Waals surface area contributed by atoms with Crippen molar-refractivity contribution >= 4 is 0 Å². The molecule has 2 aromatic carbocycles. The zero-order chi connectivity index (χ0) is 16.3. The van der Waals surface area contributed by atoms with Crippen molar-refractivity contribution in [2.45, 2.75) is 32.5 Å². The maximum absolute atomic E-state index is 9.07. The van der Waals surface area contributed by atoms with Crippen LogP contribution in [0.4, 0.5) is 0 Å². The second-order valence-corrected chi connectivity index (χ2v) is 5.37. The summed E-state index contributed by atoms with van der Waals surface area (Å²) >= 11 is 0. The van der Waals surface area contributed by atoms with E-state index in [0.717, 1.165) is 41.9 Å². The Morgan fingerprint density at radius 3 is 1.57 bits per heavy atom. The van der Waals surface area contributed by atoms with Gasteiger partial charge in [-0.25, -0.2) is 0 Å². The number of unbranched alkanes of at least 4 members (excludes halogenated alkanes) is 2. The van der Waals surface area contributed by atoms with Crippen LogP contribution in [0.15, 0.2) is 48.5 Å². The largest absolute Gasteiger partial charge is 0.494 e. The molecule has 0 radical (unpaired) electrons. The minimum Gasteiger partial charge on any atom is -0.494 e. The van der Waals surface area contributed by atoms with Crippen LogP contribution in [0.3, 0.4) is 0 Å². The highest BCUT2D eigenvalue weighted by Gasteiger charge is 1.98. The fourth-order valence-electron chi connectivity index (χ4n) is 2.23. The van der Waals surface area contributed by atoms with E-state index in [1.807, 2.05) is 48.5 Å². The second-order valence-electron chi connectivity index (χ2n) is 5.37. The Balaban J connectivity index is 1.57. The fourth-order valence-corrected chi connectivity index (χ4v) is 2.23. The molecule has 0 atom stereocenters. The van der Waals surface area contributed by atoms with E-state index in [4.69, 9.17) is 19.7 Å². The van der Waals surface area contributed by atoms with Gasteiger partial charge in [0.25, 0.3) is 0 Å². The smallest absolute Gasteiger partial charge is 0.119 e. The summed E-state index contributed by atoms with van der Waals surface area (Å²) in [5.74, 6) is 1.60. The molecule has 2 rings (SSSR count). The van der Waals surface area contributed by atoms with Gasteiger partial charge in [0.05, 0.1) is 26.4 Å². The number of aliphatic hydroxyl groups is 2. The van der Waals surface area contributed by atoms with E-state index in [-0.39, 0.29) is 13.2 Å². The number of aliphatic hydroxyl groups excluding tert-OH is 2. The van der Waals surface area contributed by atoms with E-state index in [0.29, 0.717) is 13.2 Å². The molecule has 0 saturated carbocycles. The van der Waals surface area contributed by atoms with Crippen molar-refractivity contribution in [3.63, 3.8) is 0 Å². The standard InChI is InChI=1S/C19H24O4/c20-14-16-6-4-8-18(12-16)22-10-2-1-3-11-23-19-9-5-7-17(13-19)15-21/h4-9,12-13,20-21H,1-3,10-11,14-15H2. The van der Waals surface area contributed by atoms with Gasteiger partial charge in [0.2, 0.25) is 0 Å². The van der Waals surface area contributed by atoms with E-state index in [9.17, 15) is 0 Å². The van der Waals surface area contributed by atoms with Crippen LogP contribution >= 0.6 is 0 Å². The van der Waals surface area contributed by atoms with E-state index in [1.165, 1.54) is 0 Å². The molecular weight excluding hydrogens is 292 g/mol. The molecule has 0 spiro atoms. The predicted molar refractivity (Wildman–Crippen MR) is 89.6 cm³/mol. The van der Waals surface area contributed by atoms with Gasteiger partial charge in [-0.2, -0.15) is 0 Å². The third-order valence-corrected chi connectivity index (χ3v) is 3.49. The van der Waals surface area contributed by atoms with Gasteiger partial charge in [-0.05, 0) is 54.7 Å².